The molecule has 0 aliphatic carbocycles. The van der Waals surface area contributed by atoms with Crippen LogP contribution in [0, 0.1) is 5.92 Å². The number of aliphatic hydroxyl groups excluding tert-OH is 1. The van der Waals surface area contributed by atoms with Gasteiger partial charge in [-0.25, -0.2) is 4.79 Å². The van der Waals surface area contributed by atoms with Crippen LogP contribution >= 0.6 is 0 Å². The van der Waals surface area contributed by atoms with Crippen molar-refractivity contribution < 1.29 is 9.90 Å². The predicted molar refractivity (Wildman–Crippen MR) is 74.8 cm³/mol. The molecular formula is C15H22N2O2. The first-order chi connectivity index (χ1) is 9.20. The molecule has 1 aromatic rings. The van der Waals surface area contributed by atoms with Crippen LogP contribution in [0.3, 0.4) is 0 Å². The third-order valence-electron chi connectivity index (χ3n) is 3.70. The fraction of sp³-hybridized carbons (Fsp3) is 0.533. The van der Waals surface area contributed by atoms with E-state index in [4.69, 9.17) is 0 Å². The van der Waals surface area contributed by atoms with Crippen LogP contribution < -0.4 is 5.32 Å². The third-order valence-corrected chi connectivity index (χ3v) is 3.70. The van der Waals surface area contributed by atoms with Crippen LogP contribution in [0.5, 0.6) is 0 Å². The lowest BCUT2D eigenvalue weighted by molar-refractivity contribution is 0.128. The van der Waals surface area contributed by atoms with E-state index in [9.17, 15) is 9.90 Å². The summed E-state index contributed by atoms with van der Waals surface area (Å²) in [4.78, 5) is 14.0. The van der Waals surface area contributed by atoms with E-state index in [1.54, 1.807) is 0 Å². The van der Waals surface area contributed by atoms with E-state index in [0.29, 0.717) is 6.54 Å². The van der Waals surface area contributed by atoms with Crippen LogP contribution in [0.2, 0.25) is 0 Å². The number of amides is 2. The van der Waals surface area contributed by atoms with E-state index in [2.05, 4.69) is 5.32 Å². The second-order valence-corrected chi connectivity index (χ2v) is 5.22. The Morgan fingerprint density at radius 1 is 1.47 bits per heavy atom. The van der Waals surface area contributed by atoms with Gasteiger partial charge >= 0.3 is 6.03 Å². The molecule has 2 amide bonds. The van der Waals surface area contributed by atoms with Crippen molar-refractivity contribution >= 4 is 6.03 Å². The molecule has 1 fully saturated rings. The zero-order chi connectivity index (χ0) is 13.7. The molecule has 0 bridgehead atoms. The second-order valence-electron chi connectivity index (χ2n) is 5.22. The van der Waals surface area contributed by atoms with Crippen molar-refractivity contribution in [3.63, 3.8) is 0 Å². The largest absolute Gasteiger partial charge is 0.396 e. The van der Waals surface area contributed by atoms with Crippen LogP contribution in [0.25, 0.3) is 0 Å². The van der Waals surface area contributed by atoms with Crippen molar-refractivity contribution in [1.29, 1.82) is 0 Å². The van der Waals surface area contributed by atoms with Gasteiger partial charge in [0.05, 0.1) is 6.04 Å². The Hall–Kier alpha value is -1.55. The first-order valence-electron chi connectivity index (χ1n) is 6.92. The quantitative estimate of drug-likeness (QED) is 0.877. The molecule has 4 heteroatoms. The Balaban J connectivity index is 1.90. The van der Waals surface area contributed by atoms with Gasteiger partial charge < -0.3 is 15.3 Å². The fourth-order valence-electron chi connectivity index (χ4n) is 2.50. The summed E-state index contributed by atoms with van der Waals surface area (Å²) in [6, 6.07) is 9.91. The molecule has 0 radical (unpaired) electrons. The molecular weight excluding hydrogens is 240 g/mol. The lowest BCUT2D eigenvalue weighted by Gasteiger charge is -2.32. The highest BCUT2D eigenvalue weighted by Crippen LogP contribution is 2.17. The Morgan fingerprint density at radius 3 is 2.89 bits per heavy atom. The Labute approximate surface area is 114 Å². The van der Waals surface area contributed by atoms with Gasteiger partial charge in [-0.2, -0.15) is 0 Å². The number of benzene rings is 1. The Morgan fingerprint density at radius 2 is 2.21 bits per heavy atom. The molecule has 0 spiro atoms. The summed E-state index contributed by atoms with van der Waals surface area (Å²) < 4.78 is 0. The SMILES string of the molecule is CC(NC(=O)N1CCCC(CO)C1)c1ccccc1. The second kappa shape index (κ2) is 6.57. The summed E-state index contributed by atoms with van der Waals surface area (Å²) in [6.07, 6.45) is 1.98. The van der Waals surface area contributed by atoms with Crippen LogP contribution in [0.15, 0.2) is 30.3 Å². The van der Waals surface area contributed by atoms with Gasteiger partial charge in [0.2, 0.25) is 0 Å². The van der Waals surface area contributed by atoms with Crippen molar-refractivity contribution in [2.45, 2.75) is 25.8 Å². The highest BCUT2D eigenvalue weighted by atomic mass is 16.3. The molecule has 2 N–H and O–H groups in total. The number of urea groups is 1. The number of nitrogens with zero attached hydrogens (tertiary/aromatic N) is 1. The van der Waals surface area contributed by atoms with Crippen molar-refractivity contribution in [1.82, 2.24) is 10.2 Å². The van der Waals surface area contributed by atoms with Gasteiger partial charge in [-0.3, -0.25) is 0 Å². The number of rotatable bonds is 3. The number of aliphatic hydroxyl groups is 1. The summed E-state index contributed by atoms with van der Waals surface area (Å²) in [6.45, 7) is 3.59. The summed E-state index contributed by atoms with van der Waals surface area (Å²) in [7, 11) is 0. The maximum atomic E-state index is 12.2. The summed E-state index contributed by atoms with van der Waals surface area (Å²) in [5.41, 5.74) is 1.10. The van der Waals surface area contributed by atoms with Gasteiger partial charge in [0.15, 0.2) is 0 Å². The minimum absolute atomic E-state index is 0.00297. The first-order valence-corrected chi connectivity index (χ1v) is 6.92. The van der Waals surface area contributed by atoms with E-state index in [1.807, 2.05) is 42.2 Å². The number of piperidine rings is 1. The molecule has 0 saturated carbocycles. The molecule has 19 heavy (non-hydrogen) atoms. The van der Waals surface area contributed by atoms with E-state index in [1.165, 1.54) is 0 Å². The standard InChI is InChI=1S/C15H22N2O2/c1-12(14-7-3-2-4-8-14)16-15(19)17-9-5-6-13(10-17)11-18/h2-4,7-8,12-13,18H,5-6,9-11H2,1H3,(H,16,19). The van der Waals surface area contributed by atoms with E-state index in [0.717, 1.165) is 24.9 Å². The first kappa shape index (κ1) is 13.9. The molecule has 1 aromatic carbocycles. The molecule has 2 atom stereocenters. The number of carbonyl (C=O) groups excluding carboxylic acids is 1. The monoisotopic (exact) mass is 262 g/mol. The minimum Gasteiger partial charge on any atom is -0.396 e. The fourth-order valence-corrected chi connectivity index (χ4v) is 2.50. The Bertz CT molecular complexity index is 408. The number of nitrogens with one attached hydrogen (secondary N) is 1. The summed E-state index contributed by atoms with van der Waals surface area (Å²) >= 11 is 0. The number of hydrogen-bond acceptors (Lipinski definition) is 2. The highest BCUT2D eigenvalue weighted by molar-refractivity contribution is 5.74. The van der Waals surface area contributed by atoms with Crippen molar-refractivity contribution in [2.75, 3.05) is 19.7 Å². The van der Waals surface area contributed by atoms with E-state index < -0.39 is 0 Å². The van der Waals surface area contributed by atoms with Gasteiger partial charge in [0.1, 0.15) is 0 Å². The maximum absolute atomic E-state index is 12.2. The zero-order valence-corrected chi connectivity index (χ0v) is 11.4. The van der Waals surface area contributed by atoms with Gasteiger partial charge in [0.25, 0.3) is 0 Å². The van der Waals surface area contributed by atoms with Crippen molar-refractivity contribution in [3.05, 3.63) is 35.9 Å². The Kier molecular flexibility index (Phi) is 4.80. The van der Waals surface area contributed by atoms with Crippen LogP contribution in [-0.2, 0) is 0 Å². The van der Waals surface area contributed by atoms with E-state index >= 15 is 0 Å². The predicted octanol–water partition coefficient (Wildman–Crippen LogP) is 2.16. The normalized spacial score (nSPS) is 20.9. The average molecular weight is 262 g/mol. The number of hydrogen-bond donors (Lipinski definition) is 2. The van der Waals surface area contributed by atoms with Crippen LogP contribution in [-0.4, -0.2) is 35.7 Å². The molecule has 1 aliphatic heterocycles. The van der Waals surface area contributed by atoms with Crippen LogP contribution in [0.1, 0.15) is 31.4 Å². The zero-order valence-electron chi connectivity index (χ0n) is 11.4. The molecule has 4 nitrogen and oxygen atoms in total. The lowest BCUT2D eigenvalue weighted by Crippen LogP contribution is -2.46. The molecule has 1 saturated heterocycles. The van der Waals surface area contributed by atoms with E-state index in [-0.39, 0.29) is 24.6 Å². The van der Waals surface area contributed by atoms with Crippen LogP contribution in [0.4, 0.5) is 4.79 Å². The molecule has 1 heterocycles. The van der Waals surface area contributed by atoms with Crippen molar-refractivity contribution in [3.8, 4) is 0 Å². The summed E-state index contributed by atoms with van der Waals surface area (Å²) in [5.74, 6) is 0.228. The minimum atomic E-state index is -0.0329. The molecule has 2 unspecified atom stereocenters. The lowest BCUT2D eigenvalue weighted by atomic mass is 9.99. The maximum Gasteiger partial charge on any atom is 0.317 e. The summed E-state index contributed by atoms with van der Waals surface area (Å²) in [5, 5.41) is 12.2. The van der Waals surface area contributed by atoms with Gasteiger partial charge in [-0.1, -0.05) is 30.3 Å². The van der Waals surface area contributed by atoms with Crippen molar-refractivity contribution in [2.24, 2.45) is 5.92 Å². The molecule has 2 rings (SSSR count). The highest BCUT2D eigenvalue weighted by Gasteiger charge is 2.23. The third kappa shape index (κ3) is 3.70. The molecule has 1 aliphatic rings. The molecule has 104 valence electrons. The van der Waals surface area contributed by atoms with Gasteiger partial charge in [0, 0.05) is 19.7 Å². The molecule has 0 aromatic heterocycles. The smallest absolute Gasteiger partial charge is 0.317 e. The number of likely N-dealkylation sites (tertiary alicyclic amines) is 1. The topological polar surface area (TPSA) is 52.6 Å². The average Bonchev–Trinajstić information content (AvgIpc) is 2.48. The van der Waals surface area contributed by atoms with Gasteiger partial charge in [-0.15, -0.1) is 0 Å². The number of carbonyl (C=O) groups is 1. The van der Waals surface area contributed by atoms with Gasteiger partial charge in [-0.05, 0) is 31.2 Å².